The number of nitriles is 1. The van der Waals surface area contributed by atoms with Crippen LogP contribution < -0.4 is 0 Å². The Morgan fingerprint density at radius 2 is 1.38 bits per heavy atom. The van der Waals surface area contributed by atoms with Gasteiger partial charge in [-0.3, -0.25) is 4.79 Å². The van der Waals surface area contributed by atoms with Gasteiger partial charge in [0.2, 0.25) is 0 Å². The third-order valence-corrected chi connectivity index (χ3v) is 5.60. The number of hydrogen-bond acceptors (Lipinski definition) is 3. The highest BCUT2D eigenvalue weighted by atomic mass is 79.9. The Balaban J connectivity index is 2.02. The van der Waals surface area contributed by atoms with Crippen molar-refractivity contribution in [2.24, 2.45) is 0 Å². The molecular weight excluding hydrogens is 426 g/mol. The smallest absolute Gasteiger partial charge is 0.310 e. The zero-order valence-electron chi connectivity index (χ0n) is 17.9. The summed E-state index contributed by atoms with van der Waals surface area (Å²) in [4.78, 5) is 11.9. The maximum absolute atomic E-state index is 11.9. The fourth-order valence-corrected chi connectivity index (χ4v) is 3.52. The molecule has 1 aromatic rings. The molecule has 0 amide bonds. The van der Waals surface area contributed by atoms with Crippen molar-refractivity contribution in [2.75, 3.05) is 0 Å². The second kappa shape index (κ2) is 17.3. The summed E-state index contributed by atoms with van der Waals surface area (Å²) in [5.74, 6) is -0.266. The molecule has 160 valence electrons. The second-order valence-corrected chi connectivity index (χ2v) is 8.55. The van der Waals surface area contributed by atoms with Crippen LogP contribution in [0.4, 0.5) is 0 Å². The predicted molar refractivity (Wildman–Crippen MR) is 124 cm³/mol. The summed E-state index contributed by atoms with van der Waals surface area (Å²) in [6.45, 7) is 2.26. The summed E-state index contributed by atoms with van der Waals surface area (Å²) >= 11 is 3.36. The van der Waals surface area contributed by atoms with Crippen molar-refractivity contribution in [1.82, 2.24) is 0 Å². The summed E-state index contributed by atoms with van der Waals surface area (Å²) < 4.78 is 6.09. The van der Waals surface area contributed by atoms with Crippen molar-refractivity contribution >= 4 is 27.5 Å². The molecule has 4 heteroatoms. The van der Waals surface area contributed by atoms with Crippen molar-refractivity contribution < 1.29 is 9.53 Å². The van der Waals surface area contributed by atoms with Crippen molar-refractivity contribution in [3.63, 3.8) is 0 Å². The number of nitrogens with zero attached hydrogens (tertiary/aromatic N) is 1. The van der Waals surface area contributed by atoms with Crippen LogP contribution in [0.1, 0.15) is 102 Å². The number of rotatable bonds is 16. The maximum Gasteiger partial charge on any atom is 0.310 e. The standard InChI is InChI=1S/C25H36BrNO2/c1-2-3-4-5-6-7-8-9-10-11-12-13-14-15-25(28)29-21-23(20-27)22-16-18-24(26)19-17-22/h16-19,21H,2-15H2,1H3. The Hall–Kier alpha value is -1.60. The Kier molecular flexibility index (Phi) is 15.2. The lowest BCUT2D eigenvalue weighted by atomic mass is 10.0. The summed E-state index contributed by atoms with van der Waals surface area (Å²) in [5, 5.41) is 9.24. The first-order chi connectivity index (χ1) is 14.2. The van der Waals surface area contributed by atoms with E-state index < -0.39 is 0 Å². The number of esters is 1. The number of allylic oxidation sites excluding steroid dienone is 1. The Morgan fingerprint density at radius 1 is 0.897 bits per heavy atom. The number of halogens is 1. The monoisotopic (exact) mass is 461 g/mol. The van der Waals surface area contributed by atoms with Crippen molar-refractivity contribution in [1.29, 1.82) is 5.26 Å². The first-order valence-corrected chi connectivity index (χ1v) is 12.0. The van der Waals surface area contributed by atoms with E-state index in [9.17, 15) is 10.1 Å². The topological polar surface area (TPSA) is 50.1 Å². The SMILES string of the molecule is CCCCCCCCCCCCCCCC(=O)OC=C(C#N)c1ccc(Br)cc1. The normalized spacial score (nSPS) is 11.3. The molecule has 0 aliphatic carbocycles. The zero-order valence-corrected chi connectivity index (χ0v) is 19.5. The molecule has 0 N–H and O–H groups in total. The van der Waals surface area contributed by atoms with Gasteiger partial charge < -0.3 is 4.74 Å². The van der Waals surface area contributed by atoms with E-state index in [-0.39, 0.29) is 5.97 Å². The van der Waals surface area contributed by atoms with E-state index in [0.29, 0.717) is 12.0 Å². The molecule has 1 rings (SSSR count). The highest BCUT2D eigenvalue weighted by Crippen LogP contribution is 2.18. The van der Waals surface area contributed by atoms with E-state index >= 15 is 0 Å². The van der Waals surface area contributed by atoms with Crippen LogP contribution in [-0.4, -0.2) is 5.97 Å². The Morgan fingerprint density at radius 3 is 1.86 bits per heavy atom. The van der Waals surface area contributed by atoms with Gasteiger partial charge in [0.15, 0.2) is 0 Å². The molecule has 0 bridgehead atoms. The molecule has 0 aliphatic rings. The first-order valence-electron chi connectivity index (χ1n) is 11.2. The largest absolute Gasteiger partial charge is 0.433 e. The van der Waals surface area contributed by atoms with Gasteiger partial charge in [-0.1, -0.05) is 112 Å². The molecule has 0 radical (unpaired) electrons. The Labute approximate surface area is 185 Å². The summed E-state index contributed by atoms with van der Waals surface area (Å²) in [6.07, 6.45) is 18.3. The molecule has 0 saturated heterocycles. The molecular formula is C25H36BrNO2. The molecule has 1 aromatic carbocycles. The minimum absolute atomic E-state index is 0.266. The second-order valence-electron chi connectivity index (χ2n) is 7.63. The molecule has 3 nitrogen and oxygen atoms in total. The van der Waals surface area contributed by atoms with Gasteiger partial charge in [-0.15, -0.1) is 0 Å². The first kappa shape index (κ1) is 25.4. The van der Waals surface area contributed by atoms with Crippen molar-refractivity contribution in [3.8, 4) is 6.07 Å². The van der Waals surface area contributed by atoms with Gasteiger partial charge >= 0.3 is 5.97 Å². The van der Waals surface area contributed by atoms with Crippen LogP contribution in [0.15, 0.2) is 35.0 Å². The molecule has 0 fully saturated rings. The molecule has 0 saturated carbocycles. The van der Waals surface area contributed by atoms with Crippen LogP contribution in [0.5, 0.6) is 0 Å². The number of carbonyl (C=O) groups is 1. The van der Waals surface area contributed by atoms with E-state index in [1.807, 2.05) is 24.3 Å². The highest BCUT2D eigenvalue weighted by Gasteiger charge is 2.05. The summed E-state index contributed by atoms with van der Waals surface area (Å²) in [7, 11) is 0. The van der Waals surface area contributed by atoms with Gasteiger partial charge in [-0.25, -0.2) is 0 Å². The number of ether oxygens (including phenoxy) is 1. The average molecular weight is 462 g/mol. The van der Waals surface area contributed by atoms with Crippen molar-refractivity contribution in [2.45, 2.75) is 96.8 Å². The molecule has 29 heavy (non-hydrogen) atoms. The van der Waals surface area contributed by atoms with Crippen LogP contribution >= 0.6 is 15.9 Å². The van der Waals surface area contributed by atoms with Crippen LogP contribution in [0.2, 0.25) is 0 Å². The lowest BCUT2D eigenvalue weighted by molar-refractivity contribution is -0.138. The lowest BCUT2D eigenvalue weighted by Gasteiger charge is -2.03. The third kappa shape index (κ3) is 13.3. The number of hydrogen-bond donors (Lipinski definition) is 0. The quantitative estimate of drug-likeness (QED) is 0.107. The average Bonchev–Trinajstić information content (AvgIpc) is 2.73. The summed E-state index contributed by atoms with van der Waals surface area (Å²) in [6, 6.07) is 9.43. The van der Waals surface area contributed by atoms with Crippen LogP contribution in [0.25, 0.3) is 5.57 Å². The summed E-state index contributed by atoms with van der Waals surface area (Å²) in [5.41, 5.74) is 1.10. The van der Waals surface area contributed by atoms with E-state index in [4.69, 9.17) is 4.74 Å². The highest BCUT2D eigenvalue weighted by molar-refractivity contribution is 9.10. The van der Waals surface area contributed by atoms with Gasteiger partial charge in [0.05, 0.1) is 5.57 Å². The van der Waals surface area contributed by atoms with Gasteiger partial charge in [0.25, 0.3) is 0 Å². The number of benzene rings is 1. The van der Waals surface area contributed by atoms with E-state index in [1.165, 1.54) is 76.9 Å². The third-order valence-electron chi connectivity index (χ3n) is 5.07. The van der Waals surface area contributed by atoms with E-state index in [0.717, 1.165) is 22.9 Å². The fourth-order valence-electron chi connectivity index (χ4n) is 3.26. The fraction of sp³-hybridized carbons (Fsp3) is 0.600. The van der Waals surface area contributed by atoms with Gasteiger partial charge in [0, 0.05) is 10.9 Å². The zero-order chi connectivity index (χ0) is 21.2. The van der Waals surface area contributed by atoms with Gasteiger partial charge in [-0.05, 0) is 24.1 Å². The predicted octanol–water partition coefficient (Wildman–Crippen LogP) is 8.34. The molecule has 0 unspecified atom stereocenters. The lowest BCUT2D eigenvalue weighted by Crippen LogP contribution is -2.00. The van der Waals surface area contributed by atoms with Crippen LogP contribution in [0.3, 0.4) is 0 Å². The molecule has 0 aliphatic heterocycles. The van der Waals surface area contributed by atoms with Gasteiger partial charge in [-0.2, -0.15) is 5.26 Å². The molecule has 0 spiro atoms. The van der Waals surface area contributed by atoms with Crippen LogP contribution in [-0.2, 0) is 9.53 Å². The number of unbranched alkanes of at least 4 members (excludes halogenated alkanes) is 12. The minimum atomic E-state index is -0.266. The van der Waals surface area contributed by atoms with E-state index in [2.05, 4.69) is 28.9 Å². The van der Waals surface area contributed by atoms with Crippen molar-refractivity contribution in [3.05, 3.63) is 40.6 Å². The number of carbonyl (C=O) groups excluding carboxylic acids is 1. The minimum Gasteiger partial charge on any atom is -0.433 e. The van der Waals surface area contributed by atoms with Gasteiger partial charge in [0.1, 0.15) is 12.3 Å². The Bertz CT molecular complexity index is 631. The van der Waals surface area contributed by atoms with Crippen LogP contribution in [0, 0.1) is 11.3 Å². The van der Waals surface area contributed by atoms with E-state index in [1.54, 1.807) is 0 Å². The maximum atomic E-state index is 11.9. The molecule has 0 atom stereocenters. The molecule has 0 heterocycles. The molecule has 0 aromatic heterocycles.